The molecule has 0 saturated carbocycles. The minimum absolute atomic E-state index is 0.299. The van der Waals surface area contributed by atoms with E-state index in [0.717, 1.165) is 10.9 Å². The number of halogens is 1. The van der Waals surface area contributed by atoms with Crippen LogP contribution in [0.2, 0.25) is 0 Å². The molecule has 0 spiro atoms. The van der Waals surface area contributed by atoms with Crippen LogP contribution in [-0.4, -0.2) is 18.7 Å². The van der Waals surface area contributed by atoms with Crippen molar-refractivity contribution in [3.63, 3.8) is 0 Å². The van der Waals surface area contributed by atoms with Crippen LogP contribution in [0.4, 0.5) is 4.39 Å². The normalized spacial score (nSPS) is 12.1. The van der Waals surface area contributed by atoms with Gasteiger partial charge >= 0.3 is 5.97 Å². The Morgan fingerprint density at radius 3 is 2.67 bits per heavy atom. The molecular formula is C19H17FO4. The van der Waals surface area contributed by atoms with Crippen molar-refractivity contribution in [3.05, 3.63) is 54.5 Å². The Kier molecular flexibility index (Phi) is 4.51. The zero-order chi connectivity index (χ0) is 17.1. The first kappa shape index (κ1) is 16.1. The van der Waals surface area contributed by atoms with E-state index in [4.69, 9.17) is 13.9 Å². The highest BCUT2D eigenvalue weighted by Gasteiger charge is 2.16. The van der Waals surface area contributed by atoms with Gasteiger partial charge in [0.2, 0.25) is 0 Å². The number of hydrogen-bond acceptors (Lipinski definition) is 4. The summed E-state index contributed by atoms with van der Waals surface area (Å²) >= 11 is 0. The van der Waals surface area contributed by atoms with Gasteiger partial charge in [0.15, 0.2) is 6.10 Å². The molecule has 1 unspecified atom stereocenters. The smallest absolute Gasteiger partial charge is 0.347 e. The third-order valence-corrected chi connectivity index (χ3v) is 3.61. The summed E-state index contributed by atoms with van der Waals surface area (Å²) in [6, 6.07) is 11.7. The Balaban J connectivity index is 1.80. The standard InChI is InChI=1S/C19H17FO4/c1-3-22-19(21)12(2)24-16-7-4-13(5-8-16)18-17-9-6-15(20)10-14(17)11-23-18/h4-12H,3H2,1-2H3. The van der Waals surface area contributed by atoms with Crippen LogP contribution < -0.4 is 4.74 Å². The average Bonchev–Trinajstić information content (AvgIpc) is 2.98. The Labute approximate surface area is 138 Å². The van der Waals surface area contributed by atoms with E-state index in [1.807, 2.05) is 12.1 Å². The van der Waals surface area contributed by atoms with E-state index in [2.05, 4.69) is 0 Å². The van der Waals surface area contributed by atoms with Crippen molar-refractivity contribution in [3.8, 4) is 17.1 Å². The Hall–Kier alpha value is -2.82. The number of hydrogen-bond donors (Lipinski definition) is 0. The maximum absolute atomic E-state index is 13.2. The SMILES string of the molecule is CCOC(=O)C(C)Oc1ccc(-c2occ3cc(F)ccc23)cc1. The van der Waals surface area contributed by atoms with Crippen LogP contribution >= 0.6 is 0 Å². The van der Waals surface area contributed by atoms with E-state index in [1.54, 1.807) is 32.0 Å². The number of esters is 1. The zero-order valence-electron chi connectivity index (χ0n) is 13.4. The minimum Gasteiger partial charge on any atom is -0.479 e. The maximum Gasteiger partial charge on any atom is 0.347 e. The molecule has 3 rings (SSSR count). The van der Waals surface area contributed by atoms with Gasteiger partial charge < -0.3 is 13.9 Å². The van der Waals surface area contributed by atoms with Gasteiger partial charge in [-0.25, -0.2) is 9.18 Å². The second-order valence-electron chi connectivity index (χ2n) is 5.33. The summed E-state index contributed by atoms with van der Waals surface area (Å²) in [6.07, 6.45) is 0.851. The molecule has 4 nitrogen and oxygen atoms in total. The lowest BCUT2D eigenvalue weighted by Gasteiger charge is -2.13. The molecule has 5 heteroatoms. The van der Waals surface area contributed by atoms with Gasteiger partial charge in [-0.15, -0.1) is 0 Å². The van der Waals surface area contributed by atoms with Gasteiger partial charge in [0, 0.05) is 16.3 Å². The Morgan fingerprint density at radius 2 is 1.96 bits per heavy atom. The quantitative estimate of drug-likeness (QED) is 0.644. The van der Waals surface area contributed by atoms with Crippen molar-refractivity contribution in [2.24, 2.45) is 0 Å². The van der Waals surface area contributed by atoms with E-state index in [-0.39, 0.29) is 5.82 Å². The Bertz CT molecular complexity index is 851. The molecule has 124 valence electrons. The summed E-state index contributed by atoms with van der Waals surface area (Å²) in [5.74, 6) is 0.517. The molecule has 24 heavy (non-hydrogen) atoms. The molecule has 0 bridgehead atoms. The summed E-state index contributed by atoms with van der Waals surface area (Å²) in [4.78, 5) is 11.6. The number of carbonyl (C=O) groups excluding carboxylic acids is 1. The van der Waals surface area contributed by atoms with Crippen LogP contribution in [0.25, 0.3) is 22.1 Å². The Morgan fingerprint density at radius 1 is 1.21 bits per heavy atom. The molecule has 1 heterocycles. The molecule has 0 radical (unpaired) electrons. The number of fused-ring (bicyclic) bond motifs is 1. The van der Waals surface area contributed by atoms with Gasteiger partial charge in [-0.3, -0.25) is 0 Å². The fraction of sp³-hybridized carbons (Fsp3) is 0.211. The molecule has 0 amide bonds. The first-order chi connectivity index (χ1) is 11.6. The molecule has 0 saturated heterocycles. The van der Waals surface area contributed by atoms with Crippen LogP contribution in [0.1, 0.15) is 13.8 Å². The number of rotatable bonds is 5. The lowest BCUT2D eigenvalue weighted by atomic mass is 10.1. The summed E-state index contributed by atoms with van der Waals surface area (Å²) in [6.45, 7) is 3.71. The fourth-order valence-corrected chi connectivity index (χ4v) is 2.44. The summed E-state index contributed by atoms with van der Waals surface area (Å²) in [5, 5.41) is 1.55. The van der Waals surface area contributed by atoms with Gasteiger partial charge in [-0.2, -0.15) is 0 Å². The highest BCUT2D eigenvalue weighted by Crippen LogP contribution is 2.32. The van der Waals surface area contributed by atoms with Crippen molar-refractivity contribution in [1.29, 1.82) is 0 Å². The number of carbonyl (C=O) groups is 1. The van der Waals surface area contributed by atoms with Crippen LogP contribution in [0, 0.1) is 5.82 Å². The fourth-order valence-electron chi connectivity index (χ4n) is 2.44. The van der Waals surface area contributed by atoms with Gasteiger partial charge in [-0.1, -0.05) is 0 Å². The first-order valence-corrected chi connectivity index (χ1v) is 7.69. The van der Waals surface area contributed by atoms with Crippen LogP contribution in [0.5, 0.6) is 5.75 Å². The molecule has 1 atom stereocenters. The predicted molar refractivity (Wildman–Crippen MR) is 88.3 cm³/mol. The van der Waals surface area contributed by atoms with Gasteiger partial charge in [0.25, 0.3) is 0 Å². The molecule has 0 aliphatic carbocycles. The highest BCUT2D eigenvalue weighted by molar-refractivity contribution is 5.94. The van der Waals surface area contributed by atoms with Crippen molar-refractivity contribution in [2.75, 3.05) is 6.61 Å². The second kappa shape index (κ2) is 6.74. The summed E-state index contributed by atoms with van der Waals surface area (Å²) < 4.78 is 29.3. The minimum atomic E-state index is -0.678. The monoisotopic (exact) mass is 328 g/mol. The third kappa shape index (κ3) is 3.25. The van der Waals surface area contributed by atoms with Crippen molar-refractivity contribution in [2.45, 2.75) is 20.0 Å². The van der Waals surface area contributed by atoms with E-state index in [1.165, 1.54) is 18.4 Å². The molecule has 0 aliphatic rings. The van der Waals surface area contributed by atoms with Gasteiger partial charge in [-0.05, 0) is 56.3 Å². The van der Waals surface area contributed by atoms with E-state index in [0.29, 0.717) is 23.5 Å². The molecule has 1 aromatic heterocycles. The van der Waals surface area contributed by atoms with Gasteiger partial charge in [0.05, 0.1) is 12.9 Å². The van der Waals surface area contributed by atoms with Crippen molar-refractivity contribution >= 4 is 16.7 Å². The topological polar surface area (TPSA) is 48.7 Å². The average molecular weight is 328 g/mol. The largest absolute Gasteiger partial charge is 0.479 e. The van der Waals surface area contributed by atoms with Crippen LogP contribution in [-0.2, 0) is 9.53 Å². The second-order valence-corrected chi connectivity index (χ2v) is 5.33. The van der Waals surface area contributed by atoms with E-state index < -0.39 is 12.1 Å². The first-order valence-electron chi connectivity index (χ1n) is 7.69. The molecule has 3 aromatic rings. The van der Waals surface area contributed by atoms with E-state index in [9.17, 15) is 9.18 Å². The zero-order valence-corrected chi connectivity index (χ0v) is 13.4. The van der Waals surface area contributed by atoms with Crippen LogP contribution in [0.3, 0.4) is 0 Å². The van der Waals surface area contributed by atoms with Crippen LogP contribution in [0.15, 0.2) is 53.1 Å². The van der Waals surface area contributed by atoms with E-state index >= 15 is 0 Å². The lowest BCUT2D eigenvalue weighted by molar-refractivity contribution is -0.150. The molecule has 2 aromatic carbocycles. The number of benzene rings is 2. The predicted octanol–water partition coefficient (Wildman–Crippen LogP) is 4.57. The molecule has 0 N–H and O–H groups in total. The molecule has 0 aliphatic heterocycles. The van der Waals surface area contributed by atoms with Crippen molar-refractivity contribution in [1.82, 2.24) is 0 Å². The summed E-state index contributed by atoms with van der Waals surface area (Å²) in [5.41, 5.74) is 0.841. The van der Waals surface area contributed by atoms with Crippen molar-refractivity contribution < 1.29 is 23.1 Å². The summed E-state index contributed by atoms with van der Waals surface area (Å²) in [7, 11) is 0. The highest BCUT2D eigenvalue weighted by atomic mass is 19.1. The molecule has 0 fully saturated rings. The molecular weight excluding hydrogens is 311 g/mol. The number of furan rings is 1. The van der Waals surface area contributed by atoms with Gasteiger partial charge in [0.1, 0.15) is 17.3 Å². The third-order valence-electron chi connectivity index (χ3n) is 3.61. The maximum atomic E-state index is 13.2. The lowest BCUT2D eigenvalue weighted by Crippen LogP contribution is -2.25. The number of ether oxygens (including phenoxy) is 2.